The number of allylic oxidation sites excluding steroid dienone is 1. The van der Waals surface area contributed by atoms with Gasteiger partial charge in [0.1, 0.15) is 0 Å². The van der Waals surface area contributed by atoms with E-state index in [-0.39, 0.29) is 5.91 Å². The predicted molar refractivity (Wildman–Crippen MR) is 96.2 cm³/mol. The first-order chi connectivity index (χ1) is 11.1. The molecule has 2 aromatic rings. The third-order valence-corrected chi connectivity index (χ3v) is 3.44. The molecule has 0 aromatic heterocycles. The molecule has 0 unspecified atom stereocenters. The average molecular weight is 307 g/mol. The van der Waals surface area contributed by atoms with Crippen LogP contribution in [-0.4, -0.2) is 24.7 Å². The predicted octanol–water partition coefficient (Wildman–Crippen LogP) is 3.78. The number of benzene rings is 2. The molecule has 0 atom stereocenters. The Morgan fingerprint density at radius 3 is 2.43 bits per heavy atom. The number of carbonyl (C=O) groups excluding carboxylic acids is 1. The molecule has 118 valence electrons. The van der Waals surface area contributed by atoms with Gasteiger partial charge in [0, 0.05) is 25.7 Å². The van der Waals surface area contributed by atoms with Gasteiger partial charge in [0.15, 0.2) is 0 Å². The average Bonchev–Trinajstić information content (AvgIpc) is 2.56. The number of hydrazone groups is 1. The van der Waals surface area contributed by atoms with Gasteiger partial charge in [-0.3, -0.25) is 9.80 Å². The summed E-state index contributed by atoms with van der Waals surface area (Å²) in [4.78, 5) is 12.0. The highest BCUT2D eigenvalue weighted by atomic mass is 16.1. The number of nitrogens with one attached hydrogen (secondary N) is 1. The second-order valence-electron chi connectivity index (χ2n) is 5.32. The Hall–Kier alpha value is -2.88. The summed E-state index contributed by atoms with van der Waals surface area (Å²) in [6.07, 6.45) is 2.27. The topological polar surface area (TPSA) is 44.7 Å². The Bertz CT molecular complexity index is 690. The number of nitrogens with zero attached hydrogens (tertiary/aromatic N) is 2. The fourth-order valence-corrected chi connectivity index (χ4v) is 2.20. The van der Waals surface area contributed by atoms with Crippen LogP contribution in [0, 0.1) is 0 Å². The van der Waals surface area contributed by atoms with Crippen molar-refractivity contribution in [2.24, 2.45) is 5.10 Å². The minimum Gasteiger partial charge on any atom is -0.326 e. The van der Waals surface area contributed by atoms with Gasteiger partial charge in [-0.05, 0) is 35.8 Å². The van der Waals surface area contributed by atoms with Crippen LogP contribution in [-0.2, 0) is 11.2 Å². The summed E-state index contributed by atoms with van der Waals surface area (Å²) < 4.78 is 0. The Kier molecular flexibility index (Phi) is 5.69. The van der Waals surface area contributed by atoms with Crippen molar-refractivity contribution < 1.29 is 4.79 Å². The van der Waals surface area contributed by atoms with E-state index in [0.29, 0.717) is 6.42 Å². The van der Waals surface area contributed by atoms with Crippen LogP contribution in [0.2, 0.25) is 0 Å². The van der Waals surface area contributed by atoms with E-state index in [1.807, 2.05) is 74.8 Å². The summed E-state index contributed by atoms with van der Waals surface area (Å²) >= 11 is 0. The maximum atomic E-state index is 12.0. The Morgan fingerprint density at radius 1 is 1.17 bits per heavy atom. The van der Waals surface area contributed by atoms with Crippen molar-refractivity contribution in [1.29, 1.82) is 0 Å². The quantitative estimate of drug-likeness (QED) is 0.652. The number of hydrogen-bond donors (Lipinski definition) is 1. The minimum atomic E-state index is -0.0215. The lowest BCUT2D eigenvalue weighted by Gasteiger charge is -2.10. The molecule has 4 nitrogen and oxygen atoms in total. The van der Waals surface area contributed by atoms with Crippen LogP contribution in [0.4, 0.5) is 5.69 Å². The van der Waals surface area contributed by atoms with Crippen LogP contribution in [0.3, 0.4) is 0 Å². The molecule has 1 amide bonds. The minimum absolute atomic E-state index is 0.0215. The van der Waals surface area contributed by atoms with Gasteiger partial charge in [0.2, 0.25) is 5.91 Å². The molecule has 23 heavy (non-hydrogen) atoms. The van der Waals surface area contributed by atoms with Crippen molar-refractivity contribution in [1.82, 2.24) is 5.01 Å². The highest BCUT2D eigenvalue weighted by Gasteiger charge is 2.04. The smallest absolute Gasteiger partial charge is 0.228 e. The first kappa shape index (κ1) is 16.5. The number of anilines is 1. The molecule has 0 aliphatic rings. The lowest BCUT2D eigenvalue weighted by Crippen LogP contribution is -2.14. The van der Waals surface area contributed by atoms with Crippen LogP contribution < -0.4 is 5.32 Å². The number of rotatable bonds is 6. The summed E-state index contributed by atoms with van der Waals surface area (Å²) in [6.45, 7) is 5.48. The first-order valence-corrected chi connectivity index (χ1v) is 7.40. The zero-order chi connectivity index (χ0) is 16.7. The number of amides is 1. The maximum absolute atomic E-state index is 12.0. The van der Waals surface area contributed by atoms with Gasteiger partial charge in [-0.25, -0.2) is 0 Å². The van der Waals surface area contributed by atoms with E-state index in [0.717, 1.165) is 22.4 Å². The van der Waals surface area contributed by atoms with Gasteiger partial charge in [-0.1, -0.05) is 42.5 Å². The normalized spacial score (nSPS) is 11.0. The molecule has 0 aliphatic heterocycles. The fourth-order valence-electron chi connectivity index (χ4n) is 2.20. The summed E-state index contributed by atoms with van der Waals surface area (Å²) in [5.41, 5.74) is 3.93. The standard InChI is InChI=1S/C19H21N3O/c1-15(14-22(3)20-2)17-9-11-18(12-10-17)21-19(23)13-16-7-5-4-6-8-16/h4-12,14H,2,13H2,1,3H3,(H,21,23)/b15-14+. The summed E-state index contributed by atoms with van der Waals surface area (Å²) in [5, 5.41) is 8.37. The van der Waals surface area contributed by atoms with Crippen LogP contribution in [0.5, 0.6) is 0 Å². The van der Waals surface area contributed by atoms with E-state index in [9.17, 15) is 4.79 Å². The van der Waals surface area contributed by atoms with Crippen molar-refractivity contribution in [3.8, 4) is 0 Å². The monoisotopic (exact) mass is 307 g/mol. The summed E-state index contributed by atoms with van der Waals surface area (Å²) in [5.74, 6) is -0.0215. The van der Waals surface area contributed by atoms with Gasteiger partial charge >= 0.3 is 0 Å². The van der Waals surface area contributed by atoms with E-state index in [1.54, 1.807) is 5.01 Å². The van der Waals surface area contributed by atoms with E-state index in [1.165, 1.54) is 0 Å². The van der Waals surface area contributed by atoms with Crippen LogP contribution in [0.1, 0.15) is 18.1 Å². The third kappa shape index (κ3) is 5.11. The molecule has 0 saturated heterocycles. The van der Waals surface area contributed by atoms with E-state index >= 15 is 0 Å². The molecule has 0 saturated carbocycles. The second-order valence-corrected chi connectivity index (χ2v) is 5.32. The highest BCUT2D eigenvalue weighted by molar-refractivity contribution is 5.92. The molecule has 0 fully saturated rings. The molecule has 4 heteroatoms. The highest BCUT2D eigenvalue weighted by Crippen LogP contribution is 2.17. The molecular formula is C19H21N3O. The van der Waals surface area contributed by atoms with Crippen LogP contribution in [0.25, 0.3) is 5.57 Å². The lowest BCUT2D eigenvalue weighted by molar-refractivity contribution is -0.115. The van der Waals surface area contributed by atoms with Gasteiger partial charge in [0.05, 0.1) is 6.42 Å². The van der Waals surface area contributed by atoms with E-state index in [2.05, 4.69) is 17.1 Å². The van der Waals surface area contributed by atoms with Crippen LogP contribution in [0.15, 0.2) is 65.9 Å². The molecule has 1 N–H and O–H groups in total. The molecule has 0 spiro atoms. The second kappa shape index (κ2) is 7.94. The lowest BCUT2D eigenvalue weighted by atomic mass is 10.1. The molecule has 0 heterocycles. The summed E-state index contributed by atoms with van der Waals surface area (Å²) in [7, 11) is 1.83. The molecule has 2 rings (SSSR count). The Balaban J connectivity index is 1.98. The van der Waals surface area contributed by atoms with Gasteiger partial charge < -0.3 is 5.32 Å². The van der Waals surface area contributed by atoms with Gasteiger partial charge in [0.25, 0.3) is 0 Å². The molecular weight excluding hydrogens is 286 g/mol. The van der Waals surface area contributed by atoms with Crippen molar-refractivity contribution in [2.75, 3.05) is 12.4 Å². The zero-order valence-electron chi connectivity index (χ0n) is 13.5. The molecule has 0 aliphatic carbocycles. The molecule has 0 radical (unpaired) electrons. The number of carbonyl (C=O) groups is 1. The largest absolute Gasteiger partial charge is 0.326 e. The van der Waals surface area contributed by atoms with Gasteiger partial charge in [-0.2, -0.15) is 5.10 Å². The van der Waals surface area contributed by atoms with Gasteiger partial charge in [-0.15, -0.1) is 0 Å². The van der Waals surface area contributed by atoms with Crippen molar-refractivity contribution in [2.45, 2.75) is 13.3 Å². The van der Waals surface area contributed by atoms with Crippen LogP contribution >= 0.6 is 0 Å². The Labute approximate surface area is 137 Å². The summed E-state index contributed by atoms with van der Waals surface area (Å²) in [6, 6.07) is 17.4. The van der Waals surface area contributed by atoms with E-state index < -0.39 is 0 Å². The molecule has 0 bridgehead atoms. The SMILES string of the molecule is C=NN(C)/C=C(\C)c1ccc(NC(=O)Cc2ccccc2)cc1. The van der Waals surface area contributed by atoms with E-state index in [4.69, 9.17) is 0 Å². The first-order valence-electron chi connectivity index (χ1n) is 7.40. The fraction of sp³-hybridized carbons (Fsp3) is 0.158. The zero-order valence-corrected chi connectivity index (χ0v) is 13.5. The maximum Gasteiger partial charge on any atom is 0.228 e. The number of hydrogen-bond acceptors (Lipinski definition) is 3. The molecule has 2 aromatic carbocycles. The Morgan fingerprint density at radius 2 is 1.83 bits per heavy atom. The van der Waals surface area contributed by atoms with Crippen molar-refractivity contribution in [3.05, 3.63) is 71.9 Å². The van der Waals surface area contributed by atoms with Crippen molar-refractivity contribution in [3.63, 3.8) is 0 Å². The third-order valence-electron chi connectivity index (χ3n) is 3.44. The van der Waals surface area contributed by atoms with Crippen molar-refractivity contribution >= 4 is 23.9 Å².